The molecule has 0 fully saturated rings. The molecule has 1 atom stereocenters. The van der Waals surface area contributed by atoms with E-state index in [0.29, 0.717) is 18.4 Å². The van der Waals surface area contributed by atoms with Crippen LogP contribution >= 0.6 is 11.6 Å². The number of rotatable bonds is 3. The zero-order chi connectivity index (χ0) is 12.6. The van der Waals surface area contributed by atoms with Crippen molar-refractivity contribution in [3.63, 3.8) is 0 Å². The van der Waals surface area contributed by atoms with Crippen LogP contribution < -0.4 is 5.73 Å². The maximum absolute atomic E-state index is 6.13. The van der Waals surface area contributed by atoms with Gasteiger partial charge in [-0.2, -0.15) is 0 Å². The average molecular weight is 251 g/mol. The van der Waals surface area contributed by atoms with E-state index >= 15 is 0 Å². The Hall–Kier alpha value is -0.990. The highest BCUT2D eigenvalue weighted by molar-refractivity contribution is 6.32. The minimum Gasteiger partial charge on any atom is -0.361 e. The number of aromatic amines is 1. The number of aryl methyl sites for hydroxylation is 1. The van der Waals surface area contributed by atoms with Gasteiger partial charge >= 0.3 is 0 Å². The van der Waals surface area contributed by atoms with Crippen molar-refractivity contribution in [1.82, 2.24) is 4.98 Å². The van der Waals surface area contributed by atoms with Crippen LogP contribution in [0.15, 0.2) is 18.3 Å². The number of nitrogens with two attached hydrogens (primary N) is 1. The fourth-order valence-electron chi connectivity index (χ4n) is 2.41. The Bertz CT molecular complexity index is 528. The quantitative estimate of drug-likeness (QED) is 0.854. The van der Waals surface area contributed by atoms with Crippen molar-refractivity contribution in [1.29, 1.82) is 0 Å². The SMILES string of the molecule is Cc1c(Cl)ccc2c(C(CN)C(C)C)c[nH]c12. The van der Waals surface area contributed by atoms with E-state index in [1.54, 1.807) is 0 Å². The van der Waals surface area contributed by atoms with Crippen LogP contribution in [0.1, 0.15) is 30.9 Å². The summed E-state index contributed by atoms with van der Waals surface area (Å²) >= 11 is 6.13. The van der Waals surface area contributed by atoms with E-state index < -0.39 is 0 Å². The fourth-order valence-corrected chi connectivity index (χ4v) is 2.56. The number of hydrogen-bond donors (Lipinski definition) is 2. The molecule has 0 spiro atoms. The van der Waals surface area contributed by atoms with Crippen LogP contribution in [0.25, 0.3) is 10.9 Å². The van der Waals surface area contributed by atoms with E-state index in [1.807, 2.05) is 13.0 Å². The predicted molar refractivity (Wildman–Crippen MR) is 74.7 cm³/mol. The summed E-state index contributed by atoms with van der Waals surface area (Å²) in [4.78, 5) is 3.33. The third-order valence-electron chi connectivity index (χ3n) is 3.54. The van der Waals surface area contributed by atoms with Gasteiger partial charge < -0.3 is 10.7 Å². The number of nitrogens with one attached hydrogen (secondary N) is 1. The summed E-state index contributed by atoms with van der Waals surface area (Å²) in [5, 5.41) is 2.05. The Kier molecular flexibility index (Phi) is 3.45. The molecule has 3 heteroatoms. The van der Waals surface area contributed by atoms with Gasteiger partial charge in [0.25, 0.3) is 0 Å². The molecule has 0 aliphatic carbocycles. The van der Waals surface area contributed by atoms with Crippen molar-refractivity contribution in [2.75, 3.05) is 6.54 Å². The second kappa shape index (κ2) is 4.71. The van der Waals surface area contributed by atoms with E-state index in [9.17, 15) is 0 Å². The van der Waals surface area contributed by atoms with E-state index in [-0.39, 0.29) is 0 Å². The minimum absolute atomic E-state index is 0.393. The van der Waals surface area contributed by atoms with Crippen LogP contribution in [0.4, 0.5) is 0 Å². The Morgan fingerprint density at radius 2 is 2.06 bits per heavy atom. The van der Waals surface area contributed by atoms with Gasteiger partial charge in [-0.25, -0.2) is 0 Å². The fraction of sp³-hybridized carbons (Fsp3) is 0.429. The summed E-state index contributed by atoms with van der Waals surface area (Å²) < 4.78 is 0. The van der Waals surface area contributed by atoms with Gasteiger partial charge in [0.05, 0.1) is 5.52 Å². The summed E-state index contributed by atoms with van der Waals surface area (Å²) in [6.07, 6.45) is 2.07. The zero-order valence-electron chi connectivity index (χ0n) is 10.5. The highest BCUT2D eigenvalue weighted by atomic mass is 35.5. The van der Waals surface area contributed by atoms with Gasteiger partial charge in [0, 0.05) is 22.5 Å². The summed E-state index contributed by atoms with van der Waals surface area (Å²) in [5.74, 6) is 0.930. The van der Waals surface area contributed by atoms with Crippen molar-refractivity contribution >= 4 is 22.5 Å². The van der Waals surface area contributed by atoms with Gasteiger partial charge in [-0.05, 0) is 36.6 Å². The number of halogens is 1. The molecule has 0 aliphatic heterocycles. The van der Waals surface area contributed by atoms with Gasteiger partial charge in [-0.15, -0.1) is 0 Å². The number of H-pyrrole nitrogens is 1. The van der Waals surface area contributed by atoms with Crippen LogP contribution in [0.3, 0.4) is 0 Å². The molecule has 0 aliphatic rings. The lowest BCUT2D eigenvalue weighted by molar-refractivity contribution is 0.509. The van der Waals surface area contributed by atoms with Crippen molar-refractivity contribution in [2.24, 2.45) is 11.7 Å². The average Bonchev–Trinajstić information content (AvgIpc) is 2.69. The van der Waals surface area contributed by atoms with E-state index in [0.717, 1.165) is 16.1 Å². The molecule has 1 aromatic heterocycles. The third kappa shape index (κ3) is 2.07. The Morgan fingerprint density at radius 3 is 2.65 bits per heavy atom. The monoisotopic (exact) mass is 250 g/mol. The Labute approximate surface area is 107 Å². The van der Waals surface area contributed by atoms with Gasteiger partial charge in [-0.1, -0.05) is 31.5 Å². The molecule has 0 saturated carbocycles. The number of fused-ring (bicyclic) bond motifs is 1. The normalized spacial score (nSPS) is 13.5. The van der Waals surface area contributed by atoms with Crippen LogP contribution in [0, 0.1) is 12.8 Å². The second-order valence-electron chi connectivity index (χ2n) is 4.93. The molecular formula is C14H19ClN2. The van der Waals surface area contributed by atoms with Crippen molar-refractivity contribution in [3.05, 3.63) is 34.5 Å². The van der Waals surface area contributed by atoms with E-state index in [4.69, 9.17) is 17.3 Å². The predicted octanol–water partition coefficient (Wildman–Crippen LogP) is 3.83. The molecule has 2 aromatic rings. The number of hydrogen-bond acceptors (Lipinski definition) is 1. The topological polar surface area (TPSA) is 41.8 Å². The van der Waals surface area contributed by atoms with Crippen LogP contribution in [0.5, 0.6) is 0 Å². The summed E-state index contributed by atoms with van der Waals surface area (Å²) in [5.41, 5.74) is 9.42. The molecule has 0 bridgehead atoms. The molecule has 0 saturated heterocycles. The van der Waals surface area contributed by atoms with E-state index in [2.05, 4.69) is 31.1 Å². The highest BCUT2D eigenvalue weighted by Gasteiger charge is 2.18. The van der Waals surface area contributed by atoms with Gasteiger partial charge in [0.15, 0.2) is 0 Å². The van der Waals surface area contributed by atoms with Crippen molar-refractivity contribution < 1.29 is 0 Å². The molecule has 0 radical (unpaired) electrons. The van der Waals surface area contributed by atoms with Gasteiger partial charge in [0.2, 0.25) is 0 Å². The highest BCUT2D eigenvalue weighted by Crippen LogP contribution is 2.33. The standard InChI is InChI=1S/C14H19ClN2/c1-8(2)11(6-16)12-7-17-14-9(3)13(15)5-4-10(12)14/h4-5,7-8,11,17H,6,16H2,1-3H3. The Balaban J connectivity index is 2.61. The lowest BCUT2D eigenvalue weighted by Crippen LogP contribution is -2.17. The molecule has 2 nitrogen and oxygen atoms in total. The zero-order valence-corrected chi connectivity index (χ0v) is 11.3. The molecule has 1 aromatic carbocycles. The molecule has 1 unspecified atom stereocenters. The summed E-state index contributed by atoms with van der Waals surface area (Å²) in [6, 6.07) is 4.05. The van der Waals surface area contributed by atoms with Crippen LogP contribution in [0.2, 0.25) is 5.02 Å². The molecule has 2 rings (SSSR count). The van der Waals surface area contributed by atoms with Crippen molar-refractivity contribution in [2.45, 2.75) is 26.7 Å². The smallest absolute Gasteiger partial charge is 0.0501 e. The van der Waals surface area contributed by atoms with Crippen molar-refractivity contribution in [3.8, 4) is 0 Å². The summed E-state index contributed by atoms with van der Waals surface area (Å²) in [7, 11) is 0. The first-order valence-corrected chi connectivity index (χ1v) is 6.40. The molecule has 0 amide bonds. The molecule has 17 heavy (non-hydrogen) atoms. The van der Waals surface area contributed by atoms with Gasteiger partial charge in [0.1, 0.15) is 0 Å². The molecule has 3 N–H and O–H groups in total. The minimum atomic E-state index is 0.393. The lowest BCUT2D eigenvalue weighted by atomic mass is 9.88. The van der Waals surface area contributed by atoms with E-state index in [1.165, 1.54) is 10.9 Å². The molecule has 92 valence electrons. The number of aromatic nitrogens is 1. The first kappa shape index (κ1) is 12.5. The first-order chi connectivity index (χ1) is 8.06. The molecule has 1 heterocycles. The Morgan fingerprint density at radius 1 is 1.35 bits per heavy atom. The maximum atomic E-state index is 6.13. The van der Waals surface area contributed by atoms with Crippen LogP contribution in [-0.2, 0) is 0 Å². The summed E-state index contributed by atoms with van der Waals surface area (Å²) in [6.45, 7) is 7.13. The maximum Gasteiger partial charge on any atom is 0.0501 e. The number of benzene rings is 1. The lowest BCUT2D eigenvalue weighted by Gasteiger charge is -2.18. The first-order valence-electron chi connectivity index (χ1n) is 6.02. The second-order valence-corrected chi connectivity index (χ2v) is 5.33. The third-order valence-corrected chi connectivity index (χ3v) is 3.95. The van der Waals surface area contributed by atoms with Crippen LogP contribution in [-0.4, -0.2) is 11.5 Å². The van der Waals surface area contributed by atoms with Gasteiger partial charge in [-0.3, -0.25) is 0 Å². The molecular weight excluding hydrogens is 232 g/mol. The largest absolute Gasteiger partial charge is 0.361 e.